The molecule has 1 saturated heterocycles. The van der Waals surface area contributed by atoms with Gasteiger partial charge in [0, 0.05) is 36.8 Å². The molecule has 2 atom stereocenters. The topological polar surface area (TPSA) is 28.2 Å². The number of rotatable bonds is 6. The van der Waals surface area contributed by atoms with E-state index in [2.05, 4.69) is 15.2 Å². The molecular formula is C21H24F3N3. The van der Waals surface area contributed by atoms with Crippen molar-refractivity contribution < 1.29 is 13.2 Å². The molecule has 2 aliphatic rings. The monoisotopic (exact) mass is 375 g/mol. The third-order valence-corrected chi connectivity index (χ3v) is 5.52. The first-order chi connectivity index (χ1) is 13.0. The van der Waals surface area contributed by atoms with Crippen LogP contribution in [-0.2, 0) is 6.18 Å². The highest BCUT2D eigenvalue weighted by molar-refractivity contribution is 5.60. The molecule has 1 aromatic heterocycles. The smallest absolute Gasteiger partial charge is 0.312 e. The van der Waals surface area contributed by atoms with Crippen LogP contribution in [0.3, 0.4) is 0 Å². The summed E-state index contributed by atoms with van der Waals surface area (Å²) in [5.74, 6) is 0.464. The van der Waals surface area contributed by atoms with Crippen LogP contribution in [0, 0.1) is 0 Å². The second-order valence-electron chi connectivity index (χ2n) is 7.51. The van der Waals surface area contributed by atoms with Gasteiger partial charge in [-0.25, -0.2) is 0 Å². The maximum Gasteiger partial charge on any atom is 0.416 e. The Morgan fingerprint density at radius 1 is 1.11 bits per heavy atom. The second-order valence-corrected chi connectivity index (χ2v) is 7.51. The number of pyridine rings is 1. The zero-order valence-corrected chi connectivity index (χ0v) is 15.2. The highest BCUT2D eigenvalue weighted by Gasteiger charge is 2.38. The zero-order valence-electron chi connectivity index (χ0n) is 15.2. The third kappa shape index (κ3) is 4.50. The van der Waals surface area contributed by atoms with E-state index in [-0.39, 0.29) is 0 Å². The Hall–Kier alpha value is -1.92. The lowest BCUT2D eigenvalue weighted by molar-refractivity contribution is -0.137. The lowest BCUT2D eigenvalue weighted by Gasteiger charge is -2.14. The summed E-state index contributed by atoms with van der Waals surface area (Å²) >= 11 is 0. The Bertz CT molecular complexity index is 767. The quantitative estimate of drug-likeness (QED) is 0.816. The van der Waals surface area contributed by atoms with Crippen LogP contribution in [0.5, 0.6) is 0 Å². The molecule has 1 saturated carbocycles. The van der Waals surface area contributed by atoms with Gasteiger partial charge in [0.25, 0.3) is 0 Å². The van der Waals surface area contributed by atoms with Crippen LogP contribution in [0.25, 0.3) is 11.3 Å². The van der Waals surface area contributed by atoms with Gasteiger partial charge in [0.1, 0.15) is 0 Å². The van der Waals surface area contributed by atoms with E-state index in [1.54, 1.807) is 6.07 Å². The molecule has 6 heteroatoms. The first-order valence-electron chi connectivity index (χ1n) is 9.60. The van der Waals surface area contributed by atoms with E-state index in [1.165, 1.54) is 32.0 Å². The van der Waals surface area contributed by atoms with Gasteiger partial charge in [-0.3, -0.25) is 4.98 Å². The molecule has 1 aliphatic heterocycles. The number of halogens is 3. The predicted molar refractivity (Wildman–Crippen MR) is 99.5 cm³/mol. The molecule has 0 radical (unpaired) electrons. The summed E-state index contributed by atoms with van der Waals surface area (Å²) in [6, 6.07) is 9.64. The van der Waals surface area contributed by atoms with E-state index < -0.39 is 11.7 Å². The number of nitrogens with one attached hydrogen (secondary N) is 1. The molecule has 0 spiro atoms. The van der Waals surface area contributed by atoms with Crippen LogP contribution < -0.4 is 5.32 Å². The standard InChI is InChI=1S/C21H24F3N3/c22-21(23,24)17-5-3-4-15(12-17)19-7-6-16(14-26-19)18-13-20(18)25-8-11-27-9-1-2-10-27/h3-7,12,14,18,20,25H,1-2,8-11,13H2/t18?,20-/m0/s1. The summed E-state index contributed by atoms with van der Waals surface area (Å²) in [6.45, 7) is 4.56. The van der Waals surface area contributed by atoms with E-state index in [0.717, 1.165) is 37.2 Å². The molecule has 1 aromatic carbocycles. The van der Waals surface area contributed by atoms with Gasteiger partial charge in [0.2, 0.25) is 0 Å². The van der Waals surface area contributed by atoms with Crippen LogP contribution in [0.15, 0.2) is 42.6 Å². The number of hydrogen-bond acceptors (Lipinski definition) is 3. The first-order valence-corrected chi connectivity index (χ1v) is 9.60. The average molecular weight is 375 g/mol. The molecule has 144 valence electrons. The SMILES string of the molecule is FC(F)(F)c1cccc(-c2ccc(C3C[C@@H]3NCCN3CCCC3)cn2)c1. The predicted octanol–water partition coefficient (Wildman–Crippen LogP) is 4.31. The molecular weight excluding hydrogens is 351 g/mol. The van der Waals surface area contributed by atoms with Crippen molar-refractivity contribution in [2.75, 3.05) is 26.2 Å². The van der Waals surface area contributed by atoms with Crippen molar-refractivity contribution in [1.29, 1.82) is 0 Å². The average Bonchev–Trinajstić information content (AvgIpc) is 3.24. The van der Waals surface area contributed by atoms with Gasteiger partial charge in [0.15, 0.2) is 0 Å². The molecule has 1 N–H and O–H groups in total. The Balaban J connectivity index is 1.33. The van der Waals surface area contributed by atoms with Crippen molar-refractivity contribution in [2.45, 2.75) is 37.4 Å². The van der Waals surface area contributed by atoms with Gasteiger partial charge in [0.05, 0.1) is 11.3 Å². The number of hydrogen-bond donors (Lipinski definition) is 1. The molecule has 27 heavy (non-hydrogen) atoms. The maximum absolute atomic E-state index is 12.9. The summed E-state index contributed by atoms with van der Waals surface area (Å²) in [7, 11) is 0. The minimum absolute atomic E-state index is 0.464. The fourth-order valence-corrected chi connectivity index (χ4v) is 3.85. The van der Waals surface area contributed by atoms with Gasteiger partial charge in [-0.05, 0) is 56.1 Å². The van der Waals surface area contributed by atoms with Crippen LogP contribution >= 0.6 is 0 Å². The van der Waals surface area contributed by atoms with E-state index in [1.807, 2.05) is 18.3 Å². The minimum atomic E-state index is -4.34. The summed E-state index contributed by atoms with van der Waals surface area (Å²) in [4.78, 5) is 6.90. The van der Waals surface area contributed by atoms with E-state index in [0.29, 0.717) is 23.2 Å². The van der Waals surface area contributed by atoms with Crippen LogP contribution in [0.2, 0.25) is 0 Å². The molecule has 3 nitrogen and oxygen atoms in total. The van der Waals surface area contributed by atoms with Gasteiger partial charge in [-0.2, -0.15) is 13.2 Å². The van der Waals surface area contributed by atoms with Gasteiger partial charge in [-0.15, -0.1) is 0 Å². The highest BCUT2D eigenvalue weighted by Crippen LogP contribution is 2.41. The van der Waals surface area contributed by atoms with Crippen molar-refractivity contribution in [3.05, 3.63) is 53.7 Å². The molecule has 0 amide bonds. The molecule has 0 bridgehead atoms. The molecule has 2 fully saturated rings. The van der Waals surface area contributed by atoms with Gasteiger partial charge in [-0.1, -0.05) is 18.2 Å². The number of likely N-dealkylation sites (tertiary alicyclic amines) is 1. The molecule has 2 heterocycles. The fourth-order valence-electron chi connectivity index (χ4n) is 3.85. The van der Waals surface area contributed by atoms with Gasteiger partial charge < -0.3 is 10.2 Å². The lowest BCUT2D eigenvalue weighted by atomic mass is 10.1. The van der Waals surface area contributed by atoms with Gasteiger partial charge >= 0.3 is 6.18 Å². The summed E-state index contributed by atoms with van der Waals surface area (Å²) in [5, 5.41) is 3.61. The van der Waals surface area contributed by atoms with Crippen molar-refractivity contribution in [3.8, 4) is 11.3 Å². The molecule has 2 aromatic rings. The van der Waals surface area contributed by atoms with Crippen LogP contribution in [0.4, 0.5) is 13.2 Å². The summed E-state index contributed by atoms with van der Waals surface area (Å²) in [6.07, 6.45) is 1.21. The lowest BCUT2D eigenvalue weighted by Crippen LogP contribution is -2.31. The largest absolute Gasteiger partial charge is 0.416 e. The van der Waals surface area contributed by atoms with E-state index in [4.69, 9.17) is 0 Å². The minimum Gasteiger partial charge on any atom is -0.312 e. The zero-order chi connectivity index (χ0) is 18.9. The Labute approximate surface area is 157 Å². The van der Waals surface area contributed by atoms with Crippen molar-refractivity contribution in [3.63, 3.8) is 0 Å². The van der Waals surface area contributed by atoms with Crippen molar-refractivity contribution in [1.82, 2.24) is 15.2 Å². The van der Waals surface area contributed by atoms with Crippen molar-refractivity contribution >= 4 is 0 Å². The summed E-state index contributed by atoms with van der Waals surface area (Å²) in [5.41, 5.74) is 1.58. The second kappa shape index (κ2) is 7.60. The maximum atomic E-state index is 12.9. The number of benzene rings is 1. The first kappa shape index (κ1) is 18.4. The Kier molecular flexibility index (Phi) is 5.19. The number of aromatic nitrogens is 1. The number of alkyl halides is 3. The van der Waals surface area contributed by atoms with Crippen LogP contribution in [0.1, 0.15) is 36.3 Å². The van der Waals surface area contributed by atoms with E-state index >= 15 is 0 Å². The number of nitrogens with zero attached hydrogens (tertiary/aromatic N) is 2. The highest BCUT2D eigenvalue weighted by atomic mass is 19.4. The third-order valence-electron chi connectivity index (χ3n) is 5.52. The Morgan fingerprint density at radius 2 is 1.93 bits per heavy atom. The normalized spacial score (nSPS) is 22.9. The molecule has 1 aliphatic carbocycles. The molecule has 4 rings (SSSR count). The van der Waals surface area contributed by atoms with Crippen molar-refractivity contribution in [2.24, 2.45) is 0 Å². The summed E-state index contributed by atoms with van der Waals surface area (Å²) < 4.78 is 38.6. The fraction of sp³-hybridized carbons (Fsp3) is 0.476. The Morgan fingerprint density at radius 3 is 2.63 bits per heavy atom. The van der Waals surface area contributed by atoms with E-state index in [9.17, 15) is 13.2 Å². The van der Waals surface area contributed by atoms with Crippen LogP contribution in [-0.4, -0.2) is 42.1 Å². The molecule has 1 unspecified atom stereocenters.